The number of nitrogens with zero attached hydrogens (tertiary/aromatic N) is 1. The predicted molar refractivity (Wildman–Crippen MR) is 198 cm³/mol. The minimum atomic E-state index is -1.06. The average molecular weight is 761 g/mol. The van der Waals surface area contributed by atoms with Crippen LogP contribution in [0.4, 0.5) is 9.59 Å². The molecule has 0 aliphatic heterocycles. The summed E-state index contributed by atoms with van der Waals surface area (Å²) < 4.78 is 35.8. The van der Waals surface area contributed by atoms with E-state index >= 15 is 0 Å². The molecule has 0 aliphatic rings. The molecular weight excluding hydrogens is 716 g/mol. The number of carboxylic acids is 1. The Kier molecular flexibility index (Phi) is 16.8. The van der Waals surface area contributed by atoms with Gasteiger partial charge in [0.15, 0.2) is 11.5 Å². The van der Waals surface area contributed by atoms with Crippen LogP contribution in [0.5, 0.6) is 17.2 Å². The Morgan fingerprint density at radius 1 is 0.709 bits per heavy atom. The summed E-state index contributed by atoms with van der Waals surface area (Å²) in [7, 11) is 5.84. The summed E-state index contributed by atoms with van der Waals surface area (Å²) in [6, 6.07) is 29.5. The summed E-state index contributed by atoms with van der Waals surface area (Å²) in [6.07, 6.45) is -1.21. The molecule has 0 heterocycles. The van der Waals surface area contributed by atoms with E-state index in [1.54, 1.807) is 42.5 Å². The first-order valence-corrected chi connectivity index (χ1v) is 16.8. The van der Waals surface area contributed by atoms with Gasteiger partial charge in [0.05, 0.1) is 32.5 Å². The number of likely N-dealkylation sites (N-methyl/N-ethyl adjacent to an activating group) is 1. The predicted octanol–water partition coefficient (Wildman–Crippen LogP) is 6.06. The molecule has 2 N–H and O–H groups in total. The molecule has 2 amide bonds. The summed E-state index contributed by atoms with van der Waals surface area (Å²) in [4.78, 5) is 61.5. The molecule has 292 valence electrons. The van der Waals surface area contributed by atoms with E-state index in [1.165, 1.54) is 45.4 Å². The number of aromatic carboxylic acids is 1. The molecular formula is C40H44N2O13. The molecule has 0 saturated heterocycles. The molecule has 0 unspecified atom stereocenters. The second-order valence-corrected chi connectivity index (χ2v) is 11.4. The normalized spacial score (nSPS) is 11.2. The van der Waals surface area contributed by atoms with Crippen LogP contribution in [0.15, 0.2) is 103 Å². The number of benzene rings is 4. The highest BCUT2D eigenvalue weighted by molar-refractivity contribution is 5.90. The van der Waals surface area contributed by atoms with Crippen molar-refractivity contribution >= 4 is 30.1 Å². The van der Waals surface area contributed by atoms with Gasteiger partial charge in [0.25, 0.3) is 0 Å². The molecule has 0 radical (unpaired) electrons. The first-order valence-electron chi connectivity index (χ1n) is 16.8. The van der Waals surface area contributed by atoms with Gasteiger partial charge in [-0.15, -0.1) is 0 Å². The second kappa shape index (κ2) is 21.7. The van der Waals surface area contributed by atoms with E-state index in [0.29, 0.717) is 29.2 Å². The molecule has 55 heavy (non-hydrogen) atoms. The summed E-state index contributed by atoms with van der Waals surface area (Å²) >= 11 is 0. The number of nitrogens with one attached hydrogen (secondary N) is 1. The molecule has 0 bridgehead atoms. The van der Waals surface area contributed by atoms with Crippen LogP contribution in [-0.2, 0) is 35.9 Å². The Morgan fingerprint density at radius 3 is 1.80 bits per heavy atom. The highest BCUT2D eigenvalue weighted by atomic mass is 16.7. The molecule has 4 aromatic rings. The molecule has 0 fully saturated rings. The maximum absolute atomic E-state index is 13.0. The quantitative estimate of drug-likeness (QED) is 0.0764. The van der Waals surface area contributed by atoms with Gasteiger partial charge >= 0.3 is 30.1 Å². The summed E-state index contributed by atoms with van der Waals surface area (Å²) in [5, 5.41) is 11.1. The van der Waals surface area contributed by atoms with Crippen molar-refractivity contribution in [3.05, 3.63) is 125 Å². The largest absolute Gasteiger partial charge is 0.493 e. The Hall–Kier alpha value is -6.77. The number of alkyl carbamates (subject to hydrolysis) is 1. The maximum Gasteiger partial charge on any atom is 0.413 e. The van der Waals surface area contributed by atoms with Crippen LogP contribution in [0.2, 0.25) is 0 Å². The third-order valence-corrected chi connectivity index (χ3v) is 8.17. The first-order chi connectivity index (χ1) is 26.5. The van der Waals surface area contributed by atoms with E-state index in [9.17, 15) is 24.0 Å². The zero-order valence-electron chi connectivity index (χ0n) is 31.1. The summed E-state index contributed by atoms with van der Waals surface area (Å²) in [6.45, 7) is 0.616. The lowest BCUT2D eigenvalue weighted by Crippen LogP contribution is -2.50. The fraction of sp³-hybridized carbons (Fsp3) is 0.275. The van der Waals surface area contributed by atoms with Crippen molar-refractivity contribution in [3.8, 4) is 17.2 Å². The highest BCUT2D eigenvalue weighted by Crippen LogP contribution is 2.38. The van der Waals surface area contributed by atoms with Crippen molar-refractivity contribution in [2.45, 2.75) is 25.5 Å². The monoisotopic (exact) mass is 760 g/mol. The molecule has 1 atom stereocenters. The zero-order valence-corrected chi connectivity index (χ0v) is 31.1. The van der Waals surface area contributed by atoms with Gasteiger partial charge in [0, 0.05) is 7.05 Å². The Labute approximate surface area is 318 Å². The Morgan fingerprint density at radius 2 is 1.27 bits per heavy atom. The lowest BCUT2D eigenvalue weighted by atomic mass is 9.86. The number of esters is 2. The number of carbonyl (C=O) groups is 5. The smallest absolute Gasteiger partial charge is 0.413 e. The minimum absolute atomic E-state index is 0.0485. The van der Waals surface area contributed by atoms with Crippen LogP contribution < -0.4 is 19.5 Å². The average Bonchev–Trinajstić information content (AvgIpc) is 3.22. The van der Waals surface area contributed by atoms with Gasteiger partial charge in [0.1, 0.15) is 25.3 Å². The van der Waals surface area contributed by atoms with Crippen molar-refractivity contribution in [1.82, 2.24) is 10.2 Å². The van der Waals surface area contributed by atoms with Gasteiger partial charge in [-0.3, -0.25) is 9.69 Å². The molecule has 0 spiro atoms. The number of amides is 2. The third-order valence-electron chi connectivity index (χ3n) is 8.17. The fourth-order valence-corrected chi connectivity index (χ4v) is 5.10. The number of hydrogen-bond donors (Lipinski definition) is 2. The zero-order chi connectivity index (χ0) is 40.2. The van der Waals surface area contributed by atoms with E-state index < -0.39 is 49.0 Å². The lowest BCUT2D eigenvalue weighted by Gasteiger charge is -2.40. The van der Waals surface area contributed by atoms with E-state index in [1.807, 2.05) is 55.5 Å². The van der Waals surface area contributed by atoms with Crippen molar-refractivity contribution in [2.24, 2.45) is 0 Å². The number of carbonyl (C=O) groups excluding carboxylic acids is 4. The molecule has 4 rings (SSSR count). The molecule has 0 saturated carbocycles. The van der Waals surface area contributed by atoms with Crippen molar-refractivity contribution in [2.75, 3.05) is 48.3 Å². The second-order valence-electron chi connectivity index (χ2n) is 11.4. The van der Waals surface area contributed by atoms with Crippen LogP contribution in [0.3, 0.4) is 0 Å². The van der Waals surface area contributed by atoms with Gasteiger partial charge in [0.2, 0.25) is 12.5 Å². The van der Waals surface area contributed by atoms with Crippen LogP contribution in [0.25, 0.3) is 0 Å². The van der Waals surface area contributed by atoms with Gasteiger partial charge in [-0.25, -0.2) is 19.2 Å². The van der Waals surface area contributed by atoms with Crippen LogP contribution >= 0.6 is 0 Å². The van der Waals surface area contributed by atoms with E-state index in [0.717, 1.165) is 11.1 Å². The summed E-state index contributed by atoms with van der Waals surface area (Å²) in [5.74, 6) is -1.36. The molecule has 0 aromatic heterocycles. The SMILES string of the molecule is CC[C@@](COC(=O)c1ccccc1)(c1ccccc1)N(C)C(=O)OCOC(=O)CNC(=O)OCc1ccccc1.COc1cc(C(=O)O)cc(OC)c1OC. The number of hydrogen-bond acceptors (Lipinski definition) is 12. The number of methoxy groups -OCH3 is 3. The Balaban J connectivity index is 0.000000452. The third kappa shape index (κ3) is 12.4. The van der Waals surface area contributed by atoms with Gasteiger partial charge in [-0.05, 0) is 41.8 Å². The fourth-order valence-electron chi connectivity index (χ4n) is 5.10. The van der Waals surface area contributed by atoms with Crippen molar-refractivity contribution in [3.63, 3.8) is 0 Å². The maximum atomic E-state index is 13.0. The number of ether oxygens (including phenoxy) is 7. The first kappa shape index (κ1) is 42.6. The minimum Gasteiger partial charge on any atom is -0.493 e. The van der Waals surface area contributed by atoms with E-state index in [4.69, 9.17) is 38.3 Å². The molecule has 15 nitrogen and oxygen atoms in total. The van der Waals surface area contributed by atoms with Crippen LogP contribution in [-0.4, -0.2) is 88.4 Å². The number of rotatable bonds is 16. The number of carboxylic acid groups (broad SMARTS) is 1. The molecule has 4 aromatic carbocycles. The lowest BCUT2D eigenvalue weighted by molar-refractivity contribution is -0.151. The van der Waals surface area contributed by atoms with E-state index in [-0.39, 0.29) is 18.8 Å². The van der Waals surface area contributed by atoms with Crippen molar-refractivity contribution < 1.29 is 62.2 Å². The van der Waals surface area contributed by atoms with Crippen LogP contribution in [0.1, 0.15) is 45.2 Å². The van der Waals surface area contributed by atoms with Gasteiger partial charge < -0.3 is 43.6 Å². The standard InChI is InChI=1S/C30H32N2O8.C10H12O5/c1-3-30(25-17-11-6-12-18-25,21-38-27(34)24-15-9-5-10-16-24)32(2)29(36)40-22-39-26(33)19-31-28(35)37-20-23-13-7-4-8-14-23;1-13-7-4-6(10(11)12)5-8(14-2)9(7)15-3/h4-18H,3,19-22H2,1-2H3,(H,31,35);4-5H,1-3H3,(H,11,12)/t30-;/m1./s1. The van der Waals surface area contributed by atoms with Gasteiger partial charge in [-0.1, -0.05) is 85.8 Å². The van der Waals surface area contributed by atoms with E-state index in [2.05, 4.69) is 5.32 Å². The summed E-state index contributed by atoms with van der Waals surface area (Å²) in [5.41, 5.74) is 0.939. The molecule has 15 heteroatoms. The molecule has 0 aliphatic carbocycles. The highest BCUT2D eigenvalue weighted by Gasteiger charge is 2.40. The van der Waals surface area contributed by atoms with Crippen molar-refractivity contribution in [1.29, 1.82) is 0 Å². The van der Waals surface area contributed by atoms with Gasteiger partial charge in [-0.2, -0.15) is 0 Å². The van der Waals surface area contributed by atoms with Crippen LogP contribution in [0, 0.1) is 0 Å². The topological polar surface area (TPSA) is 185 Å². The Bertz CT molecular complexity index is 1830.